The fraction of sp³-hybridized carbons (Fsp3) is 0.143. The van der Waals surface area contributed by atoms with Crippen LogP contribution in [0, 0.1) is 0 Å². The second-order valence-electron chi connectivity index (χ2n) is 3.98. The quantitative estimate of drug-likeness (QED) is 0.672. The van der Waals surface area contributed by atoms with E-state index in [1.807, 2.05) is 47.3 Å². The molecule has 1 heterocycles. The Morgan fingerprint density at radius 1 is 1.32 bits per heavy atom. The van der Waals surface area contributed by atoms with Gasteiger partial charge in [-0.15, -0.1) is 0 Å². The van der Waals surface area contributed by atoms with Crippen LogP contribution in [-0.4, -0.2) is 23.8 Å². The summed E-state index contributed by atoms with van der Waals surface area (Å²) in [7, 11) is 1.64. The molecule has 1 N–H and O–H groups in total. The van der Waals surface area contributed by atoms with Gasteiger partial charge in [-0.3, -0.25) is 4.79 Å². The molecule has 2 aromatic rings. The molecule has 0 bridgehead atoms. The van der Waals surface area contributed by atoms with Crippen molar-refractivity contribution in [1.29, 1.82) is 0 Å². The van der Waals surface area contributed by atoms with E-state index in [0.717, 1.165) is 17.0 Å². The highest BCUT2D eigenvalue weighted by molar-refractivity contribution is 5.81. The fourth-order valence-corrected chi connectivity index (χ4v) is 1.60. The minimum Gasteiger partial charge on any atom is -0.497 e. The molecular weight excluding hydrogens is 242 g/mol. The molecule has 98 valence electrons. The van der Waals surface area contributed by atoms with Crippen molar-refractivity contribution in [2.45, 2.75) is 6.92 Å². The van der Waals surface area contributed by atoms with Crippen molar-refractivity contribution < 1.29 is 9.53 Å². The Labute approximate surface area is 111 Å². The van der Waals surface area contributed by atoms with Gasteiger partial charge in [0.1, 0.15) is 5.75 Å². The molecule has 19 heavy (non-hydrogen) atoms. The maximum Gasteiger partial charge on any atom is 0.236 e. The summed E-state index contributed by atoms with van der Waals surface area (Å²) in [5.74, 6) is 0.634. The summed E-state index contributed by atoms with van der Waals surface area (Å²) >= 11 is 0. The Morgan fingerprint density at radius 2 is 2.05 bits per heavy atom. The molecule has 0 unspecified atom stereocenters. The van der Waals surface area contributed by atoms with Crippen LogP contribution in [-0.2, 0) is 4.79 Å². The molecule has 0 saturated heterocycles. The van der Waals surface area contributed by atoms with E-state index < -0.39 is 0 Å². The molecule has 1 amide bonds. The van der Waals surface area contributed by atoms with Gasteiger partial charge in [-0.2, -0.15) is 5.10 Å². The lowest BCUT2D eigenvalue weighted by atomic mass is 10.3. The molecule has 0 saturated carbocycles. The van der Waals surface area contributed by atoms with Gasteiger partial charge in [-0.05, 0) is 30.3 Å². The number of amides is 1. The van der Waals surface area contributed by atoms with Gasteiger partial charge in [-0.25, -0.2) is 5.43 Å². The molecule has 1 aromatic carbocycles. The largest absolute Gasteiger partial charge is 0.497 e. The van der Waals surface area contributed by atoms with E-state index in [4.69, 9.17) is 4.74 Å². The Balaban J connectivity index is 2.11. The average molecular weight is 257 g/mol. The zero-order valence-corrected chi connectivity index (χ0v) is 10.8. The first-order valence-electron chi connectivity index (χ1n) is 5.81. The van der Waals surface area contributed by atoms with Gasteiger partial charge in [-0.1, -0.05) is 0 Å². The van der Waals surface area contributed by atoms with Crippen molar-refractivity contribution in [2.75, 3.05) is 7.11 Å². The molecule has 2 rings (SSSR count). The Bertz CT molecular complexity index is 585. The summed E-state index contributed by atoms with van der Waals surface area (Å²) in [4.78, 5) is 10.7. The number of hydrogen-bond acceptors (Lipinski definition) is 3. The number of rotatable bonds is 4. The Hall–Kier alpha value is -2.56. The molecule has 1 aromatic heterocycles. The van der Waals surface area contributed by atoms with E-state index in [1.165, 1.54) is 6.92 Å². The monoisotopic (exact) mass is 257 g/mol. The highest BCUT2D eigenvalue weighted by Crippen LogP contribution is 2.15. The van der Waals surface area contributed by atoms with Crippen molar-refractivity contribution in [1.82, 2.24) is 9.99 Å². The molecule has 0 radical (unpaired) electrons. The average Bonchev–Trinajstić information content (AvgIpc) is 2.87. The first-order valence-corrected chi connectivity index (χ1v) is 5.81. The molecular formula is C14H15N3O2. The number of aromatic nitrogens is 1. The molecule has 0 aliphatic rings. The summed E-state index contributed by atoms with van der Waals surface area (Å²) < 4.78 is 7.08. The number of benzene rings is 1. The summed E-state index contributed by atoms with van der Waals surface area (Å²) in [5, 5.41) is 3.82. The Kier molecular flexibility index (Phi) is 3.97. The van der Waals surface area contributed by atoms with Crippen LogP contribution >= 0.6 is 0 Å². The number of nitrogens with zero attached hydrogens (tertiary/aromatic N) is 2. The molecule has 0 aliphatic carbocycles. The summed E-state index contributed by atoms with van der Waals surface area (Å²) in [6.07, 6.45) is 5.45. The smallest absolute Gasteiger partial charge is 0.236 e. The normalized spacial score (nSPS) is 10.6. The number of ether oxygens (including phenoxy) is 1. The second kappa shape index (κ2) is 5.86. The van der Waals surface area contributed by atoms with Crippen molar-refractivity contribution in [3.05, 3.63) is 48.3 Å². The maximum atomic E-state index is 10.7. The molecule has 0 atom stereocenters. The van der Waals surface area contributed by atoms with Gasteiger partial charge in [0, 0.05) is 30.6 Å². The third-order valence-electron chi connectivity index (χ3n) is 2.52. The predicted molar refractivity (Wildman–Crippen MR) is 73.7 cm³/mol. The number of carbonyl (C=O) groups excluding carboxylic acids is 1. The minimum absolute atomic E-state index is 0.189. The van der Waals surface area contributed by atoms with Crippen molar-refractivity contribution in [3.63, 3.8) is 0 Å². The van der Waals surface area contributed by atoms with Gasteiger partial charge in [0.25, 0.3) is 0 Å². The van der Waals surface area contributed by atoms with Crippen LogP contribution in [0.5, 0.6) is 5.75 Å². The van der Waals surface area contributed by atoms with Crippen LogP contribution in [0.1, 0.15) is 12.5 Å². The summed E-state index contributed by atoms with van der Waals surface area (Å²) in [6.45, 7) is 1.42. The lowest BCUT2D eigenvalue weighted by Crippen LogP contribution is -2.12. The van der Waals surface area contributed by atoms with Crippen LogP contribution in [0.3, 0.4) is 0 Å². The van der Waals surface area contributed by atoms with Gasteiger partial charge >= 0.3 is 0 Å². The first kappa shape index (κ1) is 12.9. The van der Waals surface area contributed by atoms with Crippen molar-refractivity contribution in [2.24, 2.45) is 5.10 Å². The third-order valence-corrected chi connectivity index (χ3v) is 2.52. The van der Waals surface area contributed by atoms with E-state index in [1.54, 1.807) is 13.3 Å². The van der Waals surface area contributed by atoms with Crippen LogP contribution in [0.4, 0.5) is 0 Å². The molecule has 0 spiro atoms. The van der Waals surface area contributed by atoms with Gasteiger partial charge in [0.2, 0.25) is 5.91 Å². The van der Waals surface area contributed by atoms with E-state index >= 15 is 0 Å². The van der Waals surface area contributed by atoms with E-state index in [9.17, 15) is 4.79 Å². The second-order valence-corrected chi connectivity index (χ2v) is 3.98. The summed E-state index contributed by atoms with van der Waals surface area (Å²) in [5.41, 5.74) is 4.30. The zero-order chi connectivity index (χ0) is 13.7. The fourth-order valence-electron chi connectivity index (χ4n) is 1.60. The third kappa shape index (κ3) is 3.45. The molecule has 0 aliphatic heterocycles. The van der Waals surface area contributed by atoms with E-state index in [0.29, 0.717) is 0 Å². The van der Waals surface area contributed by atoms with Gasteiger partial charge in [0.15, 0.2) is 0 Å². The highest BCUT2D eigenvalue weighted by atomic mass is 16.5. The van der Waals surface area contributed by atoms with Crippen molar-refractivity contribution >= 4 is 12.1 Å². The van der Waals surface area contributed by atoms with Crippen LogP contribution < -0.4 is 10.2 Å². The van der Waals surface area contributed by atoms with Crippen LogP contribution in [0.15, 0.2) is 47.8 Å². The molecule has 0 fully saturated rings. The lowest BCUT2D eigenvalue weighted by molar-refractivity contribution is -0.118. The standard InChI is InChI=1S/C14H15N3O2/c1-11(18)16-15-9-12-7-8-17(10-12)13-3-5-14(19-2)6-4-13/h3-10H,1-2H3,(H,16,18)/b15-9-. The van der Waals surface area contributed by atoms with Crippen LogP contribution in [0.2, 0.25) is 0 Å². The minimum atomic E-state index is -0.189. The number of carbonyl (C=O) groups is 1. The lowest BCUT2D eigenvalue weighted by Gasteiger charge is -2.04. The Morgan fingerprint density at radius 3 is 2.68 bits per heavy atom. The van der Waals surface area contributed by atoms with E-state index in [2.05, 4.69) is 10.5 Å². The van der Waals surface area contributed by atoms with Gasteiger partial charge in [0.05, 0.1) is 13.3 Å². The highest BCUT2D eigenvalue weighted by Gasteiger charge is 1.98. The number of hydrogen-bond donors (Lipinski definition) is 1. The molecule has 5 heteroatoms. The number of methoxy groups -OCH3 is 1. The van der Waals surface area contributed by atoms with Crippen molar-refractivity contribution in [3.8, 4) is 11.4 Å². The molecule has 5 nitrogen and oxygen atoms in total. The predicted octanol–water partition coefficient (Wildman–Crippen LogP) is 1.96. The topological polar surface area (TPSA) is 55.6 Å². The van der Waals surface area contributed by atoms with Gasteiger partial charge < -0.3 is 9.30 Å². The van der Waals surface area contributed by atoms with Crippen LogP contribution in [0.25, 0.3) is 5.69 Å². The SMILES string of the molecule is COc1ccc(-n2ccc(/C=N\NC(C)=O)c2)cc1. The van der Waals surface area contributed by atoms with E-state index in [-0.39, 0.29) is 5.91 Å². The number of hydrazone groups is 1. The first-order chi connectivity index (χ1) is 9.19. The summed E-state index contributed by atoms with van der Waals surface area (Å²) in [6, 6.07) is 9.65. The maximum absolute atomic E-state index is 10.7. The number of nitrogens with one attached hydrogen (secondary N) is 1. The zero-order valence-electron chi connectivity index (χ0n) is 10.8.